The molecule has 1 saturated heterocycles. The number of nitrogens with one attached hydrogen (secondary N) is 2. The number of carboxylic acid groups (broad SMARTS) is 1. The Morgan fingerprint density at radius 3 is 3.13 bits per heavy atom. The molecule has 1 fully saturated rings. The summed E-state index contributed by atoms with van der Waals surface area (Å²) < 4.78 is 0. The van der Waals surface area contributed by atoms with E-state index < -0.39 is 6.09 Å². The number of hydrogen-bond donors (Lipinski definition) is 3. The molecule has 1 aliphatic heterocycles. The van der Waals surface area contributed by atoms with Crippen molar-refractivity contribution in [2.75, 3.05) is 20.1 Å². The number of aromatic nitrogens is 2. The van der Waals surface area contributed by atoms with Gasteiger partial charge in [-0.1, -0.05) is 0 Å². The van der Waals surface area contributed by atoms with E-state index in [9.17, 15) is 4.79 Å². The molecule has 6 nitrogen and oxygen atoms in total. The monoisotopic (exact) mass is 210 g/mol. The Balaban J connectivity index is 1.92. The van der Waals surface area contributed by atoms with Gasteiger partial charge < -0.3 is 20.3 Å². The van der Waals surface area contributed by atoms with Crippen LogP contribution in [-0.2, 0) is 6.54 Å². The van der Waals surface area contributed by atoms with Crippen molar-refractivity contribution >= 4 is 6.09 Å². The summed E-state index contributed by atoms with van der Waals surface area (Å²) in [4.78, 5) is 19.3. The molecule has 1 aromatic heterocycles. The highest BCUT2D eigenvalue weighted by atomic mass is 16.4. The van der Waals surface area contributed by atoms with Crippen LogP contribution < -0.4 is 5.32 Å². The first-order valence-electron chi connectivity index (χ1n) is 4.87. The molecule has 0 radical (unpaired) electrons. The molecule has 0 bridgehead atoms. The molecule has 2 rings (SSSR count). The van der Waals surface area contributed by atoms with Gasteiger partial charge in [-0.3, -0.25) is 0 Å². The third-order valence-corrected chi connectivity index (χ3v) is 2.55. The number of likely N-dealkylation sites (tertiary alicyclic amines) is 1. The highest BCUT2D eigenvalue weighted by Gasteiger charge is 2.33. The maximum atomic E-state index is 10.6. The summed E-state index contributed by atoms with van der Waals surface area (Å²) in [5, 5.41) is 11.7. The van der Waals surface area contributed by atoms with E-state index in [1.165, 1.54) is 4.90 Å². The number of imidazole rings is 1. The van der Waals surface area contributed by atoms with Gasteiger partial charge in [0.05, 0.1) is 5.92 Å². The van der Waals surface area contributed by atoms with Crippen LogP contribution in [0.4, 0.5) is 4.79 Å². The lowest BCUT2D eigenvalue weighted by atomic mass is 10.0. The third kappa shape index (κ3) is 1.94. The van der Waals surface area contributed by atoms with Crippen molar-refractivity contribution in [3.8, 4) is 0 Å². The van der Waals surface area contributed by atoms with E-state index in [2.05, 4.69) is 15.3 Å². The van der Waals surface area contributed by atoms with Gasteiger partial charge in [-0.05, 0) is 7.05 Å². The molecule has 1 amide bonds. The van der Waals surface area contributed by atoms with E-state index in [-0.39, 0.29) is 5.92 Å². The molecule has 0 saturated carbocycles. The topological polar surface area (TPSA) is 81.2 Å². The molecular formula is C9H14N4O2. The minimum absolute atomic E-state index is 0.228. The van der Waals surface area contributed by atoms with Crippen molar-refractivity contribution in [3.05, 3.63) is 17.7 Å². The van der Waals surface area contributed by atoms with Crippen LogP contribution in [0.25, 0.3) is 0 Å². The molecule has 1 aromatic rings. The van der Waals surface area contributed by atoms with Gasteiger partial charge in [-0.25, -0.2) is 9.78 Å². The average molecular weight is 210 g/mol. The second kappa shape index (κ2) is 3.90. The average Bonchev–Trinajstić information content (AvgIpc) is 2.50. The molecule has 0 atom stereocenters. The number of hydrogen-bond acceptors (Lipinski definition) is 3. The fourth-order valence-electron chi connectivity index (χ4n) is 1.67. The Labute approximate surface area is 87.3 Å². The minimum Gasteiger partial charge on any atom is -0.465 e. The third-order valence-electron chi connectivity index (χ3n) is 2.55. The first-order chi connectivity index (χ1) is 7.20. The standard InChI is InChI=1S/C9H14N4O2/c1-10-2-7-3-11-8(12-7)6-4-13(5-6)9(14)15/h3,6,10H,2,4-5H2,1H3,(H,11,12)(H,14,15). The highest BCUT2D eigenvalue weighted by molar-refractivity contribution is 5.66. The van der Waals surface area contributed by atoms with Crippen molar-refractivity contribution in [1.29, 1.82) is 0 Å². The van der Waals surface area contributed by atoms with Crippen molar-refractivity contribution in [2.24, 2.45) is 0 Å². The van der Waals surface area contributed by atoms with E-state index in [4.69, 9.17) is 5.11 Å². The maximum absolute atomic E-state index is 10.6. The predicted molar refractivity (Wildman–Crippen MR) is 53.7 cm³/mol. The predicted octanol–water partition coefficient (Wildman–Crippen LogP) is 0.206. The summed E-state index contributed by atoms with van der Waals surface area (Å²) >= 11 is 0. The summed E-state index contributed by atoms with van der Waals surface area (Å²) in [5.41, 5.74) is 1.03. The summed E-state index contributed by atoms with van der Waals surface area (Å²) in [7, 11) is 1.87. The van der Waals surface area contributed by atoms with Gasteiger partial charge in [0, 0.05) is 31.5 Å². The van der Waals surface area contributed by atoms with Crippen LogP contribution in [0.3, 0.4) is 0 Å². The molecular weight excluding hydrogens is 196 g/mol. The van der Waals surface area contributed by atoms with Gasteiger partial charge in [-0.15, -0.1) is 0 Å². The number of carbonyl (C=O) groups is 1. The Morgan fingerprint density at radius 1 is 1.80 bits per heavy atom. The fourth-order valence-corrected chi connectivity index (χ4v) is 1.67. The van der Waals surface area contributed by atoms with E-state index in [0.29, 0.717) is 13.1 Å². The number of rotatable bonds is 3. The molecule has 6 heteroatoms. The van der Waals surface area contributed by atoms with Crippen molar-refractivity contribution < 1.29 is 9.90 Å². The number of amides is 1. The lowest BCUT2D eigenvalue weighted by Crippen LogP contribution is -2.48. The lowest BCUT2D eigenvalue weighted by molar-refractivity contribution is 0.103. The molecule has 0 unspecified atom stereocenters. The van der Waals surface area contributed by atoms with Gasteiger partial charge in [0.15, 0.2) is 0 Å². The quantitative estimate of drug-likeness (QED) is 0.666. The smallest absolute Gasteiger partial charge is 0.407 e. The Hall–Kier alpha value is -1.56. The molecule has 15 heavy (non-hydrogen) atoms. The molecule has 0 spiro atoms. The van der Waals surface area contributed by atoms with Crippen LogP contribution in [0.2, 0.25) is 0 Å². The molecule has 1 aliphatic rings. The van der Waals surface area contributed by atoms with Crippen molar-refractivity contribution in [2.45, 2.75) is 12.5 Å². The van der Waals surface area contributed by atoms with E-state index in [1.54, 1.807) is 6.20 Å². The second-order valence-corrected chi connectivity index (χ2v) is 3.71. The fraction of sp³-hybridized carbons (Fsp3) is 0.556. The lowest BCUT2D eigenvalue weighted by Gasteiger charge is -2.35. The zero-order valence-corrected chi connectivity index (χ0v) is 8.53. The van der Waals surface area contributed by atoms with Gasteiger partial charge in [0.25, 0.3) is 0 Å². The van der Waals surface area contributed by atoms with Crippen LogP contribution in [0.5, 0.6) is 0 Å². The summed E-state index contributed by atoms with van der Waals surface area (Å²) in [6.07, 6.45) is 0.933. The second-order valence-electron chi connectivity index (χ2n) is 3.71. The Kier molecular flexibility index (Phi) is 2.59. The van der Waals surface area contributed by atoms with Crippen molar-refractivity contribution in [3.63, 3.8) is 0 Å². The number of nitrogens with zero attached hydrogens (tertiary/aromatic N) is 2. The van der Waals surface area contributed by atoms with Crippen LogP contribution in [0.1, 0.15) is 17.4 Å². The van der Waals surface area contributed by atoms with Gasteiger partial charge in [0.2, 0.25) is 0 Å². The van der Waals surface area contributed by atoms with E-state index in [1.807, 2.05) is 7.05 Å². The van der Waals surface area contributed by atoms with Crippen LogP contribution in [0, 0.1) is 0 Å². The van der Waals surface area contributed by atoms with Gasteiger partial charge >= 0.3 is 6.09 Å². The molecule has 3 N–H and O–H groups in total. The first-order valence-corrected chi connectivity index (χ1v) is 4.87. The summed E-state index contributed by atoms with van der Waals surface area (Å²) in [6.45, 7) is 1.84. The number of aromatic amines is 1. The van der Waals surface area contributed by atoms with Gasteiger partial charge in [0.1, 0.15) is 5.82 Å². The van der Waals surface area contributed by atoms with Crippen molar-refractivity contribution in [1.82, 2.24) is 20.2 Å². The minimum atomic E-state index is -0.853. The highest BCUT2D eigenvalue weighted by Crippen LogP contribution is 2.24. The maximum Gasteiger partial charge on any atom is 0.407 e. The zero-order valence-electron chi connectivity index (χ0n) is 8.53. The first kappa shape index (κ1) is 9.97. The summed E-state index contributed by atoms with van der Waals surface area (Å²) in [5.74, 6) is 1.12. The van der Waals surface area contributed by atoms with E-state index >= 15 is 0 Å². The molecule has 82 valence electrons. The normalized spacial score (nSPS) is 16.5. The van der Waals surface area contributed by atoms with E-state index in [0.717, 1.165) is 18.1 Å². The van der Waals surface area contributed by atoms with Crippen LogP contribution >= 0.6 is 0 Å². The largest absolute Gasteiger partial charge is 0.465 e. The number of H-pyrrole nitrogens is 1. The van der Waals surface area contributed by atoms with Crippen LogP contribution in [0.15, 0.2) is 6.20 Å². The van der Waals surface area contributed by atoms with Crippen LogP contribution in [-0.4, -0.2) is 46.2 Å². The summed E-state index contributed by atoms with van der Waals surface area (Å²) in [6, 6.07) is 0. The SMILES string of the molecule is CNCc1cnc(C2CN(C(=O)O)C2)[nH]1. The molecule has 2 heterocycles. The zero-order chi connectivity index (χ0) is 10.8. The Morgan fingerprint density at radius 2 is 2.53 bits per heavy atom. The Bertz CT molecular complexity index is 357. The molecule has 0 aromatic carbocycles. The van der Waals surface area contributed by atoms with Gasteiger partial charge in [-0.2, -0.15) is 0 Å². The molecule has 0 aliphatic carbocycles.